The minimum absolute atomic E-state index is 0.153. The van der Waals surface area contributed by atoms with E-state index in [1.54, 1.807) is 0 Å². The van der Waals surface area contributed by atoms with Crippen molar-refractivity contribution in [3.63, 3.8) is 0 Å². The Bertz CT molecular complexity index is 856. The van der Waals surface area contributed by atoms with E-state index in [1.165, 1.54) is 7.05 Å². The third-order valence-corrected chi connectivity index (χ3v) is 5.49. The maximum atomic E-state index is 12.0. The van der Waals surface area contributed by atoms with Crippen molar-refractivity contribution >= 4 is 36.0 Å². The second-order valence-electron chi connectivity index (χ2n) is 3.95. The van der Waals surface area contributed by atoms with Crippen LogP contribution in [0, 0.1) is 0 Å². The summed E-state index contributed by atoms with van der Waals surface area (Å²) in [5, 5.41) is 2.42. The molecule has 0 bridgehead atoms. The zero-order chi connectivity index (χ0) is 17.2. The predicted molar refractivity (Wildman–Crippen MR) is 75.4 cm³/mol. The summed E-state index contributed by atoms with van der Waals surface area (Å²) in [6.07, 6.45) is 0. The molecule has 0 radical (unpaired) electrons. The van der Waals surface area contributed by atoms with Gasteiger partial charge in [-0.05, 0) is 18.2 Å². The minimum atomic E-state index is -4.76. The van der Waals surface area contributed by atoms with Crippen LogP contribution in [0.1, 0.15) is 0 Å². The number of nitrogens with one attached hydrogen (secondary N) is 1. The van der Waals surface area contributed by atoms with Gasteiger partial charge in [0, 0.05) is 7.05 Å². The number of anilines is 1. The second-order valence-corrected chi connectivity index (χ2v) is 8.54. The van der Waals surface area contributed by atoms with Crippen LogP contribution >= 0.6 is 0 Å². The number of benzene rings is 1. The lowest BCUT2D eigenvalue weighted by atomic mass is 10.3. The van der Waals surface area contributed by atoms with E-state index in [0.717, 1.165) is 18.2 Å². The summed E-state index contributed by atoms with van der Waals surface area (Å²) in [4.78, 5) is -0.827. The Morgan fingerprint density at radius 3 is 2.14 bits per heavy atom. The Labute approximate surface area is 127 Å². The quantitative estimate of drug-likeness (QED) is 0.532. The first-order chi connectivity index (χ1) is 9.87. The van der Waals surface area contributed by atoms with Gasteiger partial charge >= 0.3 is 10.4 Å². The molecular weight excluding hydrogens is 362 g/mol. The molecule has 1 rings (SSSR count). The molecule has 0 aliphatic carbocycles. The SMILES string of the molecule is CNc1cc(S(=O)(=O)CCOS(=O)(=O)O)ccc1S(=O)(=O)O. The van der Waals surface area contributed by atoms with Gasteiger partial charge in [0.15, 0.2) is 9.84 Å². The van der Waals surface area contributed by atoms with Crippen LogP contribution in [0.4, 0.5) is 5.69 Å². The molecule has 0 unspecified atom stereocenters. The number of sulfone groups is 1. The lowest BCUT2D eigenvalue weighted by molar-refractivity contribution is 0.284. The summed E-state index contributed by atoms with van der Waals surface area (Å²) in [6, 6.07) is 2.79. The molecule has 0 saturated heterocycles. The fourth-order valence-corrected chi connectivity index (χ4v) is 3.68. The van der Waals surface area contributed by atoms with Crippen molar-refractivity contribution in [3.05, 3.63) is 18.2 Å². The Morgan fingerprint density at radius 2 is 1.68 bits per heavy atom. The molecule has 0 aliphatic rings. The van der Waals surface area contributed by atoms with Crippen molar-refractivity contribution in [1.82, 2.24) is 0 Å². The fourth-order valence-electron chi connectivity index (χ4n) is 1.49. The summed E-state index contributed by atoms with van der Waals surface area (Å²) >= 11 is 0. The number of hydrogen-bond donors (Lipinski definition) is 3. The molecule has 13 heteroatoms. The van der Waals surface area contributed by atoms with Gasteiger partial charge in [0.2, 0.25) is 0 Å². The minimum Gasteiger partial charge on any atom is -0.387 e. The molecule has 0 saturated carbocycles. The Kier molecular flexibility index (Phi) is 5.53. The van der Waals surface area contributed by atoms with Gasteiger partial charge in [0.1, 0.15) is 4.90 Å². The van der Waals surface area contributed by atoms with Gasteiger partial charge < -0.3 is 5.32 Å². The average Bonchev–Trinajstić information content (AvgIpc) is 2.35. The Hall–Kier alpha value is -1.25. The van der Waals surface area contributed by atoms with Crippen LogP contribution in [0.3, 0.4) is 0 Å². The third kappa shape index (κ3) is 5.19. The van der Waals surface area contributed by atoms with Crippen molar-refractivity contribution in [1.29, 1.82) is 0 Å². The molecule has 3 N–H and O–H groups in total. The number of rotatable bonds is 7. The molecule has 0 spiro atoms. The van der Waals surface area contributed by atoms with E-state index < -0.39 is 47.6 Å². The van der Waals surface area contributed by atoms with E-state index in [1.807, 2.05) is 0 Å². The van der Waals surface area contributed by atoms with E-state index in [4.69, 9.17) is 9.11 Å². The highest BCUT2D eigenvalue weighted by Crippen LogP contribution is 2.25. The first-order valence-corrected chi connectivity index (χ1v) is 9.96. The van der Waals surface area contributed by atoms with Crippen molar-refractivity contribution < 1.29 is 38.5 Å². The summed E-state index contributed by atoms with van der Waals surface area (Å²) in [6.45, 7) is -0.809. The Morgan fingerprint density at radius 1 is 1.09 bits per heavy atom. The topological polar surface area (TPSA) is 164 Å². The second kappa shape index (κ2) is 6.47. The van der Waals surface area contributed by atoms with E-state index in [9.17, 15) is 25.3 Å². The van der Waals surface area contributed by atoms with Crippen molar-refractivity contribution in [3.8, 4) is 0 Å². The molecule has 0 aromatic heterocycles. The van der Waals surface area contributed by atoms with Crippen LogP contribution in [-0.2, 0) is 34.5 Å². The van der Waals surface area contributed by atoms with E-state index >= 15 is 0 Å². The molecule has 126 valence electrons. The first-order valence-electron chi connectivity index (χ1n) is 5.51. The maximum Gasteiger partial charge on any atom is 0.397 e. The molecule has 0 fully saturated rings. The van der Waals surface area contributed by atoms with Crippen LogP contribution in [0.5, 0.6) is 0 Å². The summed E-state index contributed by atoms with van der Waals surface area (Å²) in [5.41, 5.74) is -0.153. The molecule has 0 amide bonds. The third-order valence-electron chi connectivity index (χ3n) is 2.44. The van der Waals surface area contributed by atoms with Gasteiger partial charge in [0.25, 0.3) is 10.1 Å². The van der Waals surface area contributed by atoms with Gasteiger partial charge in [-0.1, -0.05) is 0 Å². The predicted octanol–water partition coefficient (Wildman–Crippen LogP) is -0.432. The highest BCUT2D eigenvalue weighted by molar-refractivity contribution is 7.91. The van der Waals surface area contributed by atoms with Crippen LogP contribution < -0.4 is 5.32 Å². The van der Waals surface area contributed by atoms with Crippen LogP contribution in [-0.4, -0.2) is 53.8 Å². The summed E-state index contributed by atoms with van der Waals surface area (Å²) in [5.74, 6) is -0.763. The van der Waals surface area contributed by atoms with Crippen molar-refractivity contribution in [2.24, 2.45) is 0 Å². The molecule has 0 atom stereocenters. The molecular formula is C9H13NO9S3. The van der Waals surface area contributed by atoms with Gasteiger partial charge in [-0.2, -0.15) is 16.8 Å². The molecule has 10 nitrogen and oxygen atoms in total. The summed E-state index contributed by atoms with van der Waals surface area (Å²) < 4.78 is 88.1. The smallest absolute Gasteiger partial charge is 0.387 e. The van der Waals surface area contributed by atoms with Gasteiger partial charge in [-0.25, -0.2) is 12.6 Å². The van der Waals surface area contributed by atoms with Crippen LogP contribution in [0.15, 0.2) is 28.0 Å². The molecule has 22 heavy (non-hydrogen) atoms. The number of hydrogen-bond acceptors (Lipinski definition) is 8. The normalized spacial score (nSPS) is 13.0. The monoisotopic (exact) mass is 375 g/mol. The van der Waals surface area contributed by atoms with Crippen molar-refractivity contribution in [2.45, 2.75) is 9.79 Å². The van der Waals surface area contributed by atoms with Crippen molar-refractivity contribution in [2.75, 3.05) is 24.7 Å². The highest BCUT2D eigenvalue weighted by Gasteiger charge is 2.21. The zero-order valence-corrected chi connectivity index (χ0v) is 13.6. The summed E-state index contributed by atoms with van der Waals surface area (Å²) in [7, 11) is -12.0. The van der Waals surface area contributed by atoms with Crippen LogP contribution in [0.2, 0.25) is 0 Å². The first kappa shape index (κ1) is 18.8. The maximum absolute atomic E-state index is 12.0. The fraction of sp³-hybridized carbons (Fsp3) is 0.333. The average molecular weight is 375 g/mol. The van der Waals surface area contributed by atoms with E-state index in [-0.39, 0.29) is 10.6 Å². The Balaban J connectivity index is 3.11. The van der Waals surface area contributed by atoms with Gasteiger partial charge in [0.05, 0.1) is 22.9 Å². The van der Waals surface area contributed by atoms with Gasteiger partial charge in [-0.3, -0.25) is 9.11 Å². The molecule has 1 aromatic carbocycles. The molecule has 1 aromatic rings. The van der Waals surface area contributed by atoms with Crippen LogP contribution in [0.25, 0.3) is 0 Å². The van der Waals surface area contributed by atoms with E-state index in [2.05, 4.69) is 9.50 Å². The molecule has 0 heterocycles. The zero-order valence-electron chi connectivity index (χ0n) is 11.1. The lowest BCUT2D eigenvalue weighted by Gasteiger charge is -2.10. The highest BCUT2D eigenvalue weighted by atomic mass is 32.3. The van der Waals surface area contributed by atoms with Gasteiger partial charge in [-0.15, -0.1) is 0 Å². The largest absolute Gasteiger partial charge is 0.397 e. The van der Waals surface area contributed by atoms with E-state index in [0.29, 0.717) is 0 Å². The molecule has 0 aliphatic heterocycles. The lowest BCUT2D eigenvalue weighted by Crippen LogP contribution is -2.16. The standard InChI is InChI=1S/C9H13NO9S3/c1-10-8-6-7(2-3-9(8)21(13,14)15)20(11,12)5-4-19-22(16,17)18/h2-3,6,10H,4-5H2,1H3,(H,13,14,15)(H,16,17,18).